The van der Waals surface area contributed by atoms with Crippen molar-refractivity contribution in [3.05, 3.63) is 0 Å². The third kappa shape index (κ3) is 2.69. The summed E-state index contributed by atoms with van der Waals surface area (Å²) in [6.45, 7) is 9.86. The number of carbonyl (C=O) groups is 1. The lowest BCUT2D eigenvalue weighted by Crippen LogP contribution is -2.59. The Morgan fingerprint density at radius 3 is 2.50 bits per heavy atom. The average Bonchev–Trinajstić information content (AvgIpc) is 3.19. The van der Waals surface area contributed by atoms with Crippen LogP contribution < -0.4 is 0 Å². The monoisotopic (exact) mass is 446 g/mol. The molecule has 4 saturated carbocycles. The number of Topliss-reactive ketones (excluding diaryl/α,β-unsaturated/α-hetero) is 1. The van der Waals surface area contributed by atoms with Gasteiger partial charge in [0.25, 0.3) is 0 Å². The van der Waals surface area contributed by atoms with Crippen LogP contribution in [0.25, 0.3) is 0 Å². The first-order chi connectivity index (χ1) is 15.1. The van der Waals surface area contributed by atoms with Gasteiger partial charge < -0.3 is 19.7 Å². The van der Waals surface area contributed by atoms with E-state index in [4.69, 9.17) is 9.47 Å². The smallest absolute Gasteiger partial charge is 0.171 e. The van der Waals surface area contributed by atoms with E-state index in [1.54, 1.807) is 0 Å². The van der Waals surface area contributed by atoms with E-state index in [9.17, 15) is 15.0 Å². The molecule has 2 saturated heterocycles. The van der Waals surface area contributed by atoms with Crippen molar-refractivity contribution in [3.63, 3.8) is 0 Å². The number of hydrogen-bond donors (Lipinski definition) is 2. The summed E-state index contributed by atoms with van der Waals surface area (Å²) >= 11 is 0. The molecule has 6 aliphatic rings. The van der Waals surface area contributed by atoms with Gasteiger partial charge in [-0.2, -0.15) is 0 Å². The first-order valence-corrected chi connectivity index (χ1v) is 13.3. The minimum atomic E-state index is -0.657. The summed E-state index contributed by atoms with van der Waals surface area (Å²) in [5, 5.41) is 20.8. The average molecular weight is 447 g/mol. The van der Waals surface area contributed by atoms with Gasteiger partial charge in [-0.25, -0.2) is 0 Å². The molecule has 5 nitrogen and oxygen atoms in total. The largest absolute Gasteiger partial charge is 0.390 e. The Labute approximate surface area is 192 Å². The van der Waals surface area contributed by atoms with E-state index in [-0.39, 0.29) is 28.8 Å². The lowest BCUT2D eigenvalue weighted by atomic mass is 9.43. The van der Waals surface area contributed by atoms with Crippen LogP contribution in [0.4, 0.5) is 0 Å². The number of fused-ring (bicyclic) bond motifs is 7. The standard InChI is InChI=1S/C27H42O5/c1-14-7-8-27(31-13-14)15(2)24-22(32-27)10-19-17-6-5-16-9-20(28)21(29)12-25(16,3)18(17)11-23(30)26(19,24)4/h14-22,24,28-29H,5-13H2,1-4H3/t14?,15-,16-,17?,18?,19?,20?,21+,22?,24?,25-,26+,27+/m0/s1. The van der Waals surface area contributed by atoms with Crippen LogP contribution in [0.5, 0.6) is 0 Å². The van der Waals surface area contributed by atoms with Crippen LogP contribution in [-0.2, 0) is 14.3 Å². The van der Waals surface area contributed by atoms with Crippen LogP contribution in [0.1, 0.15) is 79.1 Å². The molecule has 0 aromatic carbocycles. The van der Waals surface area contributed by atoms with Crippen LogP contribution in [-0.4, -0.2) is 46.7 Å². The molecule has 0 bridgehead atoms. The summed E-state index contributed by atoms with van der Waals surface area (Å²) in [7, 11) is 0. The van der Waals surface area contributed by atoms with Gasteiger partial charge in [0.2, 0.25) is 0 Å². The van der Waals surface area contributed by atoms with Gasteiger partial charge in [-0.1, -0.05) is 27.7 Å². The lowest BCUT2D eigenvalue weighted by molar-refractivity contribution is -0.272. The fourth-order valence-corrected chi connectivity index (χ4v) is 9.97. The summed E-state index contributed by atoms with van der Waals surface area (Å²) in [4.78, 5) is 14.0. The van der Waals surface area contributed by atoms with Crippen molar-refractivity contribution in [1.29, 1.82) is 0 Å². The van der Waals surface area contributed by atoms with Crippen LogP contribution in [0.15, 0.2) is 0 Å². The zero-order valence-electron chi connectivity index (χ0n) is 20.3. The molecule has 13 atom stereocenters. The predicted octanol–water partition coefficient (Wildman–Crippen LogP) is 3.94. The molecular formula is C27H42O5. The molecule has 0 radical (unpaired) electrons. The molecule has 4 aliphatic carbocycles. The summed E-state index contributed by atoms with van der Waals surface area (Å²) in [6.07, 6.45) is 6.12. The van der Waals surface area contributed by atoms with Gasteiger partial charge in [0.1, 0.15) is 5.78 Å². The van der Waals surface area contributed by atoms with Crippen molar-refractivity contribution in [3.8, 4) is 0 Å². The lowest BCUT2D eigenvalue weighted by Gasteiger charge is -2.61. The fourth-order valence-electron chi connectivity index (χ4n) is 9.97. The van der Waals surface area contributed by atoms with E-state index in [1.165, 1.54) is 0 Å². The van der Waals surface area contributed by atoms with Gasteiger partial charge in [-0.05, 0) is 73.5 Å². The highest BCUT2D eigenvalue weighted by molar-refractivity contribution is 5.87. The second kappa shape index (κ2) is 7.02. The second-order valence-electron chi connectivity index (χ2n) is 13.1. The van der Waals surface area contributed by atoms with Crippen molar-refractivity contribution < 1.29 is 24.5 Å². The molecule has 2 N–H and O–H groups in total. The molecule has 6 fully saturated rings. The number of rotatable bonds is 0. The first-order valence-electron chi connectivity index (χ1n) is 13.3. The van der Waals surface area contributed by atoms with Crippen LogP contribution >= 0.6 is 0 Å². The molecule has 32 heavy (non-hydrogen) atoms. The van der Waals surface area contributed by atoms with Gasteiger partial charge in [-0.3, -0.25) is 4.79 Å². The Morgan fingerprint density at radius 2 is 1.78 bits per heavy atom. The van der Waals surface area contributed by atoms with Crippen molar-refractivity contribution in [2.75, 3.05) is 6.61 Å². The van der Waals surface area contributed by atoms with E-state index in [0.29, 0.717) is 54.6 Å². The molecule has 6 rings (SSSR count). The number of ether oxygens (including phenoxy) is 2. The molecule has 0 aromatic rings. The number of ketones is 1. The van der Waals surface area contributed by atoms with Crippen molar-refractivity contribution in [2.45, 2.75) is 103 Å². The Morgan fingerprint density at radius 1 is 1.00 bits per heavy atom. The number of hydrogen-bond acceptors (Lipinski definition) is 5. The number of carbonyl (C=O) groups excluding carboxylic acids is 1. The van der Waals surface area contributed by atoms with Gasteiger partial charge in [0.15, 0.2) is 5.79 Å². The SMILES string of the molecule is CC1CC[C@@]2(OC1)OC1CC3C4CC[C@H]5CC(O)[C@H](O)C[C@]5(C)C4CC(=O)[C@]3(C)C1[C@@H]2C. The molecule has 2 aliphatic heterocycles. The Kier molecular flexibility index (Phi) is 4.83. The maximum Gasteiger partial charge on any atom is 0.171 e. The minimum Gasteiger partial charge on any atom is -0.390 e. The van der Waals surface area contributed by atoms with Crippen LogP contribution in [0.3, 0.4) is 0 Å². The summed E-state index contributed by atoms with van der Waals surface area (Å²) < 4.78 is 13.2. The predicted molar refractivity (Wildman–Crippen MR) is 120 cm³/mol. The molecule has 1 spiro atoms. The summed E-state index contributed by atoms with van der Waals surface area (Å²) in [5.41, 5.74) is -0.371. The summed E-state index contributed by atoms with van der Waals surface area (Å²) in [6, 6.07) is 0. The van der Waals surface area contributed by atoms with Crippen molar-refractivity contribution >= 4 is 5.78 Å². The third-order valence-corrected chi connectivity index (χ3v) is 11.8. The van der Waals surface area contributed by atoms with Crippen molar-refractivity contribution in [1.82, 2.24) is 0 Å². The first kappa shape index (κ1) is 22.0. The van der Waals surface area contributed by atoms with Crippen LogP contribution in [0, 0.1) is 52.3 Å². The third-order valence-electron chi connectivity index (χ3n) is 11.8. The highest BCUT2D eigenvalue weighted by atomic mass is 16.7. The summed E-state index contributed by atoms with van der Waals surface area (Å²) in [5.74, 6) is 2.64. The molecule has 5 heteroatoms. The van der Waals surface area contributed by atoms with E-state index < -0.39 is 18.0 Å². The van der Waals surface area contributed by atoms with Gasteiger partial charge in [0.05, 0.1) is 24.9 Å². The fraction of sp³-hybridized carbons (Fsp3) is 0.963. The molecule has 0 aromatic heterocycles. The molecule has 7 unspecified atom stereocenters. The van der Waals surface area contributed by atoms with Gasteiger partial charge >= 0.3 is 0 Å². The van der Waals surface area contributed by atoms with Gasteiger partial charge in [0, 0.05) is 30.1 Å². The van der Waals surface area contributed by atoms with E-state index in [0.717, 1.165) is 38.7 Å². The Balaban J connectivity index is 1.30. The molecular weight excluding hydrogens is 404 g/mol. The van der Waals surface area contributed by atoms with E-state index in [1.807, 2.05) is 0 Å². The van der Waals surface area contributed by atoms with Crippen LogP contribution in [0.2, 0.25) is 0 Å². The zero-order chi connectivity index (χ0) is 22.6. The minimum absolute atomic E-state index is 0.0490. The van der Waals surface area contributed by atoms with Crippen molar-refractivity contribution in [2.24, 2.45) is 52.3 Å². The normalized spacial score (nSPS) is 61.8. The highest BCUT2D eigenvalue weighted by Gasteiger charge is 2.71. The molecule has 2 heterocycles. The Hall–Kier alpha value is -0.490. The molecule has 180 valence electrons. The number of aliphatic hydroxyl groups is 2. The zero-order valence-corrected chi connectivity index (χ0v) is 20.3. The van der Waals surface area contributed by atoms with Gasteiger partial charge in [-0.15, -0.1) is 0 Å². The van der Waals surface area contributed by atoms with E-state index in [2.05, 4.69) is 27.7 Å². The molecule has 0 amide bonds. The Bertz CT molecular complexity index is 789. The van der Waals surface area contributed by atoms with E-state index >= 15 is 0 Å². The maximum absolute atomic E-state index is 14.0. The maximum atomic E-state index is 14.0. The topological polar surface area (TPSA) is 76.0 Å². The highest BCUT2D eigenvalue weighted by Crippen LogP contribution is 2.70. The number of aliphatic hydroxyl groups excluding tert-OH is 2. The second-order valence-corrected chi connectivity index (χ2v) is 13.1. The quantitative estimate of drug-likeness (QED) is 0.589.